The van der Waals surface area contributed by atoms with Gasteiger partial charge in [-0.15, -0.1) is 0 Å². The van der Waals surface area contributed by atoms with E-state index in [1.807, 2.05) is 11.9 Å². The van der Waals surface area contributed by atoms with Crippen LogP contribution in [0.5, 0.6) is 0 Å². The van der Waals surface area contributed by atoms with E-state index in [1.54, 1.807) is 0 Å². The quantitative estimate of drug-likeness (QED) is 0.614. The maximum absolute atomic E-state index is 12.8. The molecule has 11 heteroatoms. The van der Waals surface area contributed by atoms with Gasteiger partial charge in [0.25, 0.3) is 0 Å². The van der Waals surface area contributed by atoms with Crippen molar-refractivity contribution < 1.29 is 18.1 Å². The number of hydrogen-bond acceptors (Lipinski definition) is 7. The van der Waals surface area contributed by atoms with Gasteiger partial charge < -0.3 is 15.1 Å². The summed E-state index contributed by atoms with van der Waals surface area (Å²) in [5.41, 5.74) is -0.718. The Morgan fingerprint density at radius 3 is 2.57 bits per heavy atom. The molecule has 0 unspecified atom stereocenters. The summed E-state index contributed by atoms with van der Waals surface area (Å²) in [5, 5.41) is 14.4. The predicted molar refractivity (Wildman–Crippen MR) is 97.2 cm³/mol. The number of halogens is 3. The molecular weight excluding hydrogens is 377 g/mol. The Labute approximate surface area is 159 Å². The van der Waals surface area contributed by atoms with Crippen LogP contribution in [0.3, 0.4) is 0 Å². The predicted octanol–water partition coefficient (Wildman–Crippen LogP) is 2.77. The van der Waals surface area contributed by atoms with Crippen molar-refractivity contribution in [2.24, 2.45) is 0 Å². The van der Waals surface area contributed by atoms with E-state index in [2.05, 4.69) is 20.2 Å². The second kappa shape index (κ2) is 7.97. The second-order valence-electron chi connectivity index (χ2n) is 6.49. The number of aromatic nitrogens is 2. The van der Waals surface area contributed by atoms with Crippen LogP contribution in [-0.2, 0) is 12.7 Å². The largest absolute Gasteiger partial charge is 0.416 e. The minimum atomic E-state index is -4.45. The lowest BCUT2D eigenvalue weighted by Gasteiger charge is -2.32. The van der Waals surface area contributed by atoms with E-state index < -0.39 is 16.7 Å². The Kier molecular flexibility index (Phi) is 5.63. The Balaban J connectivity index is 1.83. The minimum absolute atomic E-state index is 0.0219. The highest BCUT2D eigenvalue weighted by Gasteiger charge is 2.31. The highest BCUT2D eigenvalue weighted by atomic mass is 19.4. The van der Waals surface area contributed by atoms with Gasteiger partial charge in [-0.3, -0.25) is 10.1 Å². The summed E-state index contributed by atoms with van der Waals surface area (Å²) in [6.07, 6.45) is -3.24. The third-order valence-corrected chi connectivity index (χ3v) is 4.50. The fourth-order valence-corrected chi connectivity index (χ4v) is 2.96. The number of anilines is 2. The molecule has 150 valence electrons. The van der Waals surface area contributed by atoms with Gasteiger partial charge in [0.15, 0.2) is 0 Å². The lowest BCUT2D eigenvalue weighted by atomic mass is 10.1. The first-order valence-electron chi connectivity index (χ1n) is 8.58. The van der Waals surface area contributed by atoms with Crippen LogP contribution in [0.15, 0.2) is 30.6 Å². The van der Waals surface area contributed by atoms with Crippen LogP contribution < -0.4 is 10.2 Å². The van der Waals surface area contributed by atoms with Crippen LogP contribution in [0.4, 0.5) is 30.5 Å². The molecule has 0 aliphatic carbocycles. The molecule has 1 N–H and O–H groups in total. The van der Waals surface area contributed by atoms with Crippen LogP contribution in [-0.4, -0.2) is 53.0 Å². The number of benzene rings is 1. The number of hydrogen-bond donors (Lipinski definition) is 1. The SMILES string of the molecule is CN1CCN(c2ncnc(NCc3cccc(C(F)(F)F)c3)c2[N+](=O)[O-])CC1. The third kappa shape index (κ3) is 4.47. The number of piperazine rings is 1. The number of rotatable bonds is 5. The van der Waals surface area contributed by atoms with Crippen molar-refractivity contribution in [2.45, 2.75) is 12.7 Å². The van der Waals surface area contributed by atoms with Gasteiger partial charge in [0.2, 0.25) is 11.6 Å². The van der Waals surface area contributed by atoms with Gasteiger partial charge in [0.05, 0.1) is 10.5 Å². The molecule has 0 radical (unpaired) electrons. The van der Waals surface area contributed by atoms with Gasteiger partial charge in [-0.05, 0) is 24.7 Å². The average molecular weight is 396 g/mol. The summed E-state index contributed by atoms with van der Waals surface area (Å²) in [6.45, 7) is 2.62. The first kappa shape index (κ1) is 19.8. The van der Waals surface area contributed by atoms with Crippen LogP contribution in [0, 0.1) is 10.1 Å². The highest BCUT2D eigenvalue weighted by molar-refractivity contribution is 5.70. The fourth-order valence-electron chi connectivity index (χ4n) is 2.96. The second-order valence-corrected chi connectivity index (χ2v) is 6.49. The van der Waals surface area contributed by atoms with Crippen molar-refractivity contribution >= 4 is 17.3 Å². The van der Waals surface area contributed by atoms with Crippen molar-refractivity contribution in [3.05, 3.63) is 51.8 Å². The topological polar surface area (TPSA) is 87.4 Å². The summed E-state index contributed by atoms with van der Waals surface area (Å²) in [4.78, 5) is 23.0. The number of likely N-dealkylation sites (N-methyl/N-ethyl adjacent to an activating group) is 1. The number of nitrogens with zero attached hydrogens (tertiary/aromatic N) is 5. The van der Waals surface area contributed by atoms with Gasteiger partial charge >= 0.3 is 11.9 Å². The normalized spacial score (nSPS) is 15.5. The molecule has 1 saturated heterocycles. The molecule has 1 fully saturated rings. The molecule has 28 heavy (non-hydrogen) atoms. The van der Waals surface area contributed by atoms with Gasteiger partial charge in [0, 0.05) is 32.7 Å². The third-order valence-electron chi connectivity index (χ3n) is 4.50. The van der Waals surface area contributed by atoms with Gasteiger partial charge in [0.1, 0.15) is 6.33 Å². The molecule has 0 saturated carbocycles. The molecule has 8 nitrogen and oxygen atoms in total. The molecule has 1 aliphatic rings. The first-order chi connectivity index (χ1) is 13.3. The molecule has 3 rings (SSSR count). The number of nitrogens with one attached hydrogen (secondary N) is 1. The van der Waals surface area contributed by atoms with Crippen molar-refractivity contribution in [2.75, 3.05) is 43.4 Å². The van der Waals surface area contributed by atoms with E-state index >= 15 is 0 Å². The molecule has 0 amide bonds. The Hall–Kier alpha value is -2.95. The summed E-state index contributed by atoms with van der Waals surface area (Å²) in [7, 11) is 1.97. The Morgan fingerprint density at radius 2 is 1.93 bits per heavy atom. The van der Waals surface area contributed by atoms with E-state index in [-0.39, 0.29) is 23.9 Å². The van der Waals surface area contributed by atoms with Crippen LogP contribution in [0.1, 0.15) is 11.1 Å². The van der Waals surface area contributed by atoms with Gasteiger partial charge in [-0.2, -0.15) is 13.2 Å². The van der Waals surface area contributed by atoms with Gasteiger partial charge in [-0.1, -0.05) is 12.1 Å². The Morgan fingerprint density at radius 1 is 1.21 bits per heavy atom. The lowest BCUT2D eigenvalue weighted by molar-refractivity contribution is -0.383. The van der Waals surface area contributed by atoms with E-state index in [9.17, 15) is 23.3 Å². The molecular formula is C17H19F3N6O2. The molecule has 1 aliphatic heterocycles. The molecule has 2 aromatic rings. The lowest BCUT2D eigenvalue weighted by Crippen LogP contribution is -2.45. The van der Waals surface area contributed by atoms with Crippen LogP contribution >= 0.6 is 0 Å². The molecule has 0 spiro atoms. The summed E-state index contributed by atoms with van der Waals surface area (Å²) >= 11 is 0. The zero-order valence-corrected chi connectivity index (χ0v) is 15.1. The number of alkyl halides is 3. The zero-order valence-electron chi connectivity index (χ0n) is 15.1. The van der Waals surface area contributed by atoms with E-state index in [1.165, 1.54) is 18.5 Å². The van der Waals surface area contributed by atoms with Crippen molar-refractivity contribution in [3.8, 4) is 0 Å². The Bertz CT molecular complexity index is 853. The molecule has 1 aromatic carbocycles. The first-order valence-corrected chi connectivity index (χ1v) is 8.58. The van der Waals surface area contributed by atoms with Crippen molar-refractivity contribution in [1.82, 2.24) is 14.9 Å². The highest BCUT2D eigenvalue weighted by Crippen LogP contribution is 2.33. The van der Waals surface area contributed by atoms with Crippen LogP contribution in [0.2, 0.25) is 0 Å². The monoisotopic (exact) mass is 396 g/mol. The fraction of sp³-hybridized carbons (Fsp3) is 0.412. The number of nitro groups is 1. The maximum atomic E-state index is 12.8. The molecule has 1 aromatic heterocycles. The summed E-state index contributed by atoms with van der Waals surface area (Å²) in [6, 6.07) is 4.78. The molecule has 0 bridgehead atoms. The summed E-state index contributed by atoms with van der Waals surface area (Å²) < 4.78 is 38.5. The summed E-state index contributed by atoms with van der Waals surface area (Å²) in [5.74, 6) is 0.186. The molecule has 2 heterocycles. The van der Waals surface area contributed by atoms with E-state index in [0.29, 0.717) is 18.7 Å². The zero-order chi connectivity index (χ0) is 20.3. The van der Waals surface area contributed by atoms with E-state index in [4.69, 9.17) is 0 Å². The minimum Gasteiger partial charge on any atom is -0.360 e. The average Bonchev–Trinajstić information content (AvgIpc) is 2.66. The smallest absolute Gasteiger partial charge is 0.360 e. The van der Waals surface area contributed by atoms with Crippen molar-refractivity contribution in [3.63, 3.8) is 0 Å². The maximum Gasteiger partial charge on any atom is 0.416 e. The van der Waals surface area contributed by atoms with Crippen LogP contribution in [0.25, 0.3) is 0 Å². The standard InChI is InChI=1S/C17H19F3N6O2/c1-24-5-7-25(8-6-24)16-14(26(27)28)15(22-11-23-16)21-10-12-3-2-4-13(9-12)17(18,19)20/h2-4,9,11H,5-8,10H2,1H3,(H,21,22,23). The van der Waals surface area contributed by atoms with Gasteiger partial charge in [-0.25, -0.2) is 9.97 Å². The molecule has 0 atom stereocenters. The van der Waals surface area contributed by atoms with E-state index in [0.717, 1.165) is 25.2 Å². The van der Waals surface area contributed by atoms with Crippen molar-refractivity contribution in [1.29, 1.82) is 0 Å².